The number of rotatable bonds is 8. The lowest BCUT2D eigenvalue weighted by molar-refractivity contribution is -0.112. The molecule has 0 aliphatic rings. The fraction of sp³-hybridized carbons (Fsp3) is 0.154. The Morgan fingerprint density at radius 2 is 1.75 bits per heavy atom. The second-order valence-electron chi connectivity index (χ2n) is 7.04. The number of benzene rings is 3. The molecule has 6 heteroatoms. The molecule has 0 radical (unpaired) electrons. The van der Waals surface area contributed by atoms with Crippen molar-refractivity contribution >= 4 is 33.6 Å². The van der Waals surface area contributed by atoms with E-state index in [9.17, 15) is 10.1 Å². The molecule has 0 aliphatic carbocycles. The van der Waals surface area contributed by atoms with Gasteiger partial charge in [-0.25, -0.2) is 0 Å². The Morgan fingerprint density at radius 3 is 2.41 bits per heavy atom. The number of aryl methyl sites for hydroxylation is 1. The van der Waals surface area contributed by atoms with E-state index < -0.39 is 5.91 Å². The van der Waals surface area contributed by atoms with Gasteiger partial charge in [-0.05, 0) is 67.4 Å². The quantitative estimate of drug-likeness (QED) is 0.297. The van der Waals surface area contributed by atoms with E-state index in [1.54, 1.807) is 30.3 Å². The molecule has 162 valence electrons. The molecular weight excluding hydrogens is 468 g/mol. The lowest BCUT2D eigenvalue weighted by atomic mass is 10.1. The highest BCUT2D eigenvalue weighted by atomic mass is 79.9. The third-order valence-corrected chi connectivity index (χ3v) is 5.09. The molecule has 3 rings (SSSR count). The molecule has 0 saturated carbocycles. The van der Waals surface area contributed by atoms with E-state index in [1.165, 1.54) is 11.6 Å². The summed E-state index contributed by atoms with van der Waals surface area (Å²) in [5, 5.41) is 12.2. The van der Waals surface area contributed by atoms with Crippen LogP contribution in [-0.2, 0) is 11.4 Å². The van der Waals surface area contributed by atoms with Crippen LogP contribution in [-0.4, -0.2) is 12.5 Å². The van der Waals surface area contributed by atoms with Crippen LogP contribution in [0, 0.1) is 18.3 Å². The van der Waals surface area contributed by atoms with E-state index in [-0.39, 0.29) is 5.57 Å². The minimum absolute atomic E-state index is 0.0105. The van der Waals surface area contributed by atoms with Gasteiger partial charge in [0.2, 0.25) is 0 Å². The van der Waals surface area contributed by atoms with E-state index >= 15 is 0 Å². The summed E-state index contributed by atoms with van der Waals surface area (Å²) in [7, 11) is 0. The summed E-state index contributed by atoms with van der Waals surface area (Å²) >= 11 is 3.35. The Hall–Kier alpha value is -3.56. The Bertz CT molecular complexity index is 1150. The number of carbonyl (C=O) groups is 1. The third-order valence-electron chi connectivity index (χ3n) is 4.56. The van der Waals surface area contributed by atoms with E-state index in [2.05, 4.69) is 21.2 Å². The Balaban J connectivity index is 1.76. The van der Waals surface area contributed by atoms with Gasteiger partial charge in [0.05, 0.1) is 6.61 Å². The van der Waals surface area contributed by atoms with Crippen LogP contribution in [0.4, 0.5) is 5.69 Å². The van der Waals surface area contributed by atoms with Crippen LogP contribution in [0.2, 0.25) is 0 Å². The summed E-state index contributed by atoms with van der Waals surface area (Å²) in [6, 6.07) is 22.6. The van der Waals surface area contributed by atoms with Crippen molar-refractivity contribution < 1.29 is 14.3 Å². The van der Waals surface area contributed by atoms with Gasteiger partial charge in [0.15, 0.2) is 11.5 Å². The second-order valence-corrected chi connectivity index (χ2v) is 7.96. The van der Waals surface area contributed by atoms with Crippen LogP contribution >= 0.6 is 15.9 Å². The number of nitrogens with one attached hydrogen (secondary N) is 1. The zero-order valence-corrected chi connectivity index (χ0v) is 19.5. The number of nitriles is 1. The average Bonchev–Trinajstić information content (AvgIpc) is 2.79. The maximum Gasteiger partial charge on any atom is 0.266 e. The van der Waals surface area contributed by atoms with Crippen molar-refractivity contribution in [2.24, 2.45) is 0 Å². The molecule has 0 saturated heterocycles. The molecule has 0 bridgehead atoms. The first kappa shape index (κ1) is 23.1. The minimum atomic E-state index is -0.479. The fourth-order valence-corrected chi connectivity index (χ4v) is 3.16. The van der Waals surface area contributed by atoms with Crippen LogP contribution in [0.15, 0.2) is 76.8 Å². The number of ether oxygens (including phenoxy) is 2. The number of anilines is 1. The first-order valence-electron chi connectivity index (χ1n) is 10.1. The first-order chi connectivity index (χ1) is 15.5. The summed E-state index contributed by atoms with van der Waals surface area (Å²) in [5.74, 6) is 0.675. The van der Waals surface area contributed by atoms with E-state index in [0.29, 0.717) is 36.0 Å². The lowest BCUT2D eigenvalue weighted by Crippen LogP contribution is -2.13. The van der Waals surface area contributed by atoms with Gasteiger partial charge >= 0.3 is 0 Å². The van der Waals surface area contributed by atoms with Crippen molar-refractivity contribution in [1.29, 1.82) is 5.26 Å². The van der Waals surface area contributed by atoms with Crippen LogP contribution in [0.3, 0.4) is 0 Å². The van der Waals surface area contributed by atoms with Gasteiger partial charge in [-0.3, -0.25) is 4.79 Å². The van der Waals surface area contributed by atoms with Crippen molar-refractivity contribution in [3.63, 3.8) is 0 Å². The van der Waals surface area contributed by atoms with Gasteiger partial charge in [0.1, 0.15) is 18.2 Å². The maximum atomic E-state index is 12.5. The van der Waals surface area contributed by atoms with E-state index in [1.807, 2.05) is 56.3 Å². The zero-order valence-electron chi connectivity index (χ0n) is 17.9. The highest BCUT2D eigenvalue weighted by molar-refractivity contribution is 9.10. The van der Waals surface area contributed by atoms with Crippen LogP contribution in [0.25, 0.3) is 6.08 Å². The molecule has 0 aliphatic heterocycles. The number of amides is 1. The highest BCUT2D eigenvalue weighted by Crippen LogP contribution is 2.30. The van der Waals surface area contributed by atoms with Crippen molar-refractivity contribution in [2.75, 3.05) is 11.9 Å². The summed E-state index contributed by atoms with van der Waals surface area (Å²) in [6.07, 6.45) is 1.53. The predicted octanol–water partition coefficient (Wildman–Crippen LogP) is 6.28. The standard InChI is InChI=1S/C26H23BrN2O3/c1-3-31-25-15-20(8-13-24(25)32-17-19-6-4-18(2)5-7-19)14-21(16-28)26(30)29-23-11-9-22(27)10-12-23/h4-15H,3,17H2,1-2H3,(H,29,30)/b21-14-. The van der Waals surface area contributed by atoms with Gasteiger partial charge in [0, 0.05) is 10.2 Å². The summed E-state index contributed by atoms with van der Waals surface area (Å²) in [4.78, 5) is 12.5. The normalized spacial score (nSPS) is 10.9. The maximum absolute atomic E-state index is 12.5. The number of hydrogen-bond acceptors (Lipinski definition) is 4. The summed E-state index contributed by atoms with van der Waals surface area (Å²) in [6.45, 7) is 4.80. The summed E-state index contributed by atoms with van der Waals surface area (Å²) < 4.78 is 12.6. The predicted molar refractivity (Wildman–Crippen MR) is 129 cm³/mol. The van der Waals surface area contributed by atoms with Crippen molar-refractivity contribution in [1.82, 2.24) is 0 Å². The molecule has 0 atom stereocenters. The van der Waals surface area contributed by atoms with Gasteiger partial charge in [0.25, 0.3) is 5.91 Å². The fourth-order valence-electron chi connectivity index (χ4n) is 2.89. The van der Waals surface area contributed by atoms with Gasteiger partial charge in [-0.2, -0.15) is 5.26 Å². The minimum Gasteiger partial charge on any atom is -0.490 e. The Kier molecular flexibility index (Phi) is 8.07. The lowest BCUT2D eigenvalue weighted by Gasteiger charge is -2.13. The van der Waals surface area contributed by atoms with Crippen LogP contribution in [0.5, 0.6) is 11.5 Å². The molecule has 0 unspecified atom stereocenters. The molecule has 0 heterocycles. The number of carbonyl (C=O) groups excluding carboxylic acids is 1. The van der Waals surface area contributed by atoms with Crippen molar-refractivity contribution in [3.05, 3.63) is 93.5 Å². The molecule has 1 amide bonds. The largest absolute Gasteiger partial charge is 0.490 e. The average molecular weight is 491 g/mol. The van der Waals surface area contributed by atoms with Gasteiger partial charge in [-0.1, -0.05) is 51.8 Å². The van der Waals surface area contributed by atoms with E-state index in [4.69, 9.17) is 9.47 Å². The monoisotopic (exact) mass is 490 g/mol. The molecular formula is C26H23BrN2O3. The molecule has 3 aromatic rings. The van der Waals surface area contributed by atoms with Crippen LogP contribution < -0.4 is 14.8 Å². The first-order valence-corrected chi connectivity index (χ1v) is 10.9. The second kappa shape index (κ2) is 11.2. The molecule has 1 N–H and O–H groups in total. The molecule has 0 fully saturated rings. The van der Waals surface area contributed by atoms with Crippen molar-refractivity contribution in [3.8, 4) is 17.6 Å². The highest BCUT2D eigenvalue weighted by Gasteiger charge is 2.12. The zero-order chi connectivity index (χ0) is 22.9. The molecule has 0 aromatic heterocycles. The number of nitrogens with zero attached hydrogens (tertiary/aromatic N) is 1. The summed E-state index contributed by atoms with van der Waals surface area (Å²) in [5.41, 5.74) is 3.51. The van der Waals surface area contributed by atoms with Crippen LogP contribution in [0.1, 0.15) is 23.6 Å². The van der Waals surface area contributed by atoms with Crippen molar-refractivity contribution in [2.45, 2.75) is 20.5 Å². The molecule has 3 aromatic carbocycles. The third kappa shape index (κ3) is 6.47. The molecule has 0 spiro atoms. The molecule has 32 heavy (non-hydrogen) atoms. The Morgan fingerprint density at radius 1 is 1.03 bits per heavy atom. The molecule has 5 nitrogen and oxygen atoms in total. The topological polar surface area (TPSA) is 71.3 Å². The number of halogens is 1. The SMILES string of the molecule is CCOc1cc(/C=C(/C#N)C(=O)Nc2ccc(Br)cc2)ccc1OCc1ccc(C)cc1. The number of hydrogen-bond donors (Lipinski definition) is 1. The van der Waals surface area contributed by atoms with Gasteiger partial charge in [-0.15, -0.1) is 0 Å². The van der Waals surface area contributed by atoms with Gasteiger partial charge < -0.3 is 14.8 Å². The van der Waals surface area contributed by atoms with E-state index in [0.717, 1.165) is 10.0 Å². The smallest absolute Gasteiger partial charge is 0.266 e. The Labute approximate surface area is 196 Å².